The molecule has 1 aliphatic heterocycles. The molecule has 0 N–H and O–H groups in total. The van der Waals surface area contributed by atoms with Gasteiger partial charge in [-0.05, 0) is 31.9 Å². The molecule has 2 heterocycles. The van der Waals surface area contributed by atoms with Crippen molar-refractivity contribution in [3.05, 3.63) is 46.3 Å². The topological polar surface area (TPSA) is 63.4 Å². The van der Waals surface area contributed by atoms with E-state index in [1.807, 2.05) is 24.3 Å². The lowest BCUT2D eigenvalue weighted by Crippen LogP contribution is -2.33. The molecule has 1 aromatic heterocycles. The molecule has 8 heteroatoms. The second-order valence-electron chi connectivity index (χ2n) is 5.73. The van der Waals surface area contributed by atoms with Gasteiger partial charge in [0.25, 0.3) is 0 Å². The van der Waals surface area contributed by atoms with Crippen LogP contribution in [-0.2, 0) is 10.0 Å². The van der Waals surface area contributed by atoms with Crippen LogP contribution in [-0.4, -0.2) is 36.7 Å². The predicted molar refractivity (Wildman–Crippen MR) is 96.0 cm³/mol. The lowest BCUT2D eigenvalue weighted by atomic mass is 10.1. The molecule has 0 radical (unpaired) electrons. The summed E-state index contributed by atoms with van der Waals surface area (Å²) in [6.07, 6.45) is 0.719. The molecule has 2 aromatic rings. The van der Waals surface area contributed by atoms with Gasteiger partial charge in [0, 0.05) is 29.1 Å². The normalized spacial score (nSPS) is 20.0. The fraction of sp³-hybridized carbons (Fsp3) is 0.438. The van der Waals surface area contributed by atoms with Crippen LogP contribution < -0.4 is 0 Å². The SMILES string of the molecule is Cc1noc(C)c1S(=O)(=O)N1CCSC(c2ccccc2Cl)CC1. The molecule has 1 aromatic carbocycles. The summed E-state index contributed by atoms with van der Waals surface area (Å²) in [5.74, 6) is 1.06. The van der Waals surface area contributed by atoms with Crippen LogP contribution in [0.25, 0.3) is 0 Å². The zero-order chi connectivity index (χ0) is 17.3. The molecular formula is C16H19ClN2O3S2. The van der Waals surface area contributed by atoms with Gasteiger partial charge in [0.05, 0.1) is 0 Å². The molecule has 0 amide bonds. The third-order valence-electron chi connectivity index (χ3n) is 4.12. The van der Waals surface area contributed by atoms with Gasteiger partial charge in [-0.1, -0.05) is 35.0 Å². The van der Waals surface area contributed by atoms with Gasteiger partial charge in [-0.25, -0.2) is 8.42 Å². The van der Waals surface area contributed by atoms with Gasteiger partial charge < -0.3 is 4.52 Å². The summed E-state index contributed by atoms with van der Waals surface area (Å²) in [4.78, 5) is 0.198. The van der Waals surface area contributed by atoms with Crippen molar-refractivity contribution in [3.8, 4) is 0 Å². The van der Waals surface area contributed by atoms with Crippen molar-refractivity contribution in [3.63, 3.8) is 0 Å². The van der Waals surface area contributed by atoms with Crippen molar-refractivity contribution in [2.24, 2.45) is 0 Å². The molecule has 1 fully saturated rings. The Balaban J connectivity index is 1.82. The molecule has 5 nitrogen and oxygen atoms in total. The number of halogens is 1. The minimum atomic E-state index is -3.59. The highest BCUT2D eigenvalue weighted by molar-refractivity contribution is 7.99. The maximum absolute atomic E-state index is 12.9. The van der Waals surface area contributed by atoms with Gasteiger partial charge in [0.2, 0.25) is 10.0 Å². The number of sulfonamides is 1. The first-order valence-electron chi connectivity index (χ1n) is 7.70. The van der Waals surface area contributed by atoms with Crippen LogP contribution in [0.15, 0.2) is 33.7 Å². The predicted octanol–water partition coefficient (Wildman–Crippen LogP) is 3.81. The smallest absolute Gasteiger partial charge is 0.248 e. The lowest BCUT2D eigenvalue weighted by molar-refractivity contribution is 0.388. The van der Waals surface area contributed by atoms with Crippen molar-refractivity contribution in [1.29, 1.82) is 0 Å². The average Bonchev–Trinajstić information content (AvgIpc) is 2.76. The van der Waals surface area contributed by atoms with E-state index < -0.39 is 10.0 Å². The fourth-order valence-electron chi connectivity index (χ4n) is 2.95. The Hall–Kier alpha value is -1.02. The first kappa shape index (κ1) is 17.8. The van der Waals surface area contributed by atoms with Crippen molar-refractivity contribution in [2.75, 3.05) is 18.8 Å². The van der Waals surface area contributed by atoms with Crippen molar-refractivity contribution in [2.45, 2.75) is 30.4 Å². The van der Waals surface area contributed by atoms with Gasteiger partial charge in [-0.3, -0.25) is 0 Å². The third-order valence-corrected chi connectivity index (χ3v) is 7.92. The lowest BCUT2D eigenvalue weighted by Gasteiger charge is -2.20. The maximum Gasteiger partial charge on any atom is 0.248 e. The number of benzene rings is 1. The first-order valence-corrected chi connectivity index (χ1v) is 10.6. The monoisotopic (exact) mass is 386 g/mol. The van der Waals surface area contributed by atoms with Crippen molar-refractivity contribution < 1.29 is 12.9 Å². The molecular weight excluding hydrogens is 368 g/mol. The molecule has 0 bridgehead atoms. The standard InChI is InChI=1S/C16H19ClN2O3S2/c1-11-16(12(2)22-18-11)24(20,21)19-8-7-15(23-10-9-19)13-5-3-4-6-14(13)17/h3-6,15H,7-10H2,1-2H3. The van der Waals surface area contributed by atoms with Crippen LogP contribution in [0.2, 0.25) is 5.02 Å². The number of rotatable bonds is 3. The number of hydrogen-bond donors (Lipinski definition) is 0. The minimum absolute atomic E-state index is 0.198. The van der Waals surface area contributed by atoms with E-state index in [0.29, 0.717) is 24.5 Å². The van der Waals surface area contributed by atoms with E-state index >= 15 is 0 Å². The van der Waals surface area contributed by atoms with E-state index in [2.05, 4.69) is 5.16 Å². The van der Waals surface area contributed by atoms with Crippen LogP contribution in [0.5, 0.6) is 0 Å². The molecule has 1 unspecified atom stereocenters. The molecule has 0 saturated carbocycles. The van der Waals surface area contributed by atoms with E-state index in [1.165, 1.54) is 4.31 Å². The fourth-order valence-corrected chi connectivity index (χ4v) is 6.41. The van der Waals surface area contributed by atoms with Crippen LogP contribution in [0.1, 0.15) is 28.7 Å². The first-order chi connectivity index (χ1) is 11.4. The molecule has 1 aliphatic rings. The Morgan fingerprint density at radius 3 is 2.71 bits per heavy atom. The number of thioether (sulfide) groups is 1. The highest BCUT2D eigenvalue weighted by atomic mass is 35.5. The number of nitrogens with zero attached hydrogens (tertiary/aromatic N) is 2. The Kier molecular flexibility index (Phi) is 5.24. The Labute approximate surface area is 151 Å². The molecule has 24 heavy (non-hydrogen) atoms. The zero-order valence-electron chi connectivity index (χ0n) is 13.5. The van der Waals surface area contributed by atoms with Crippen molar-refractivity contribution in [1.82, 2.24) is 9.46 Å². The van der Waals surface area contributed by atoms with Crippen LogP contribution in [0, 0.1) is 13.8 Å². The second-order valence-corrected chi connectivity index (χ2v) is 9.32. The van der Waals surface area contributed by atoms with Gasteiger partial charge in [0.1, 0.15) is 10.6 Å². The van der Waals surface area contributed by atoms with E-state index in [9.17, 15) is 8.42 Å². The summed E-state index contributed by atoms with van der Waals surface area (Å²) < 4.78 is 32.4. The highest BCUT2D eigenvalue weighted by Crippen LogP contribution is 2.39. The average molecular weight is 387 g/mol. The second kappa shape index (κ2) is 7.07. The summed E-state index contributed by atoms with van der Waals surface area (Å²) in [6.45, 7) is 4.21. The summed E-state index contributed by atoms with van der Waals surface area (Å²) >= 11 is 8.04. The third kappa shape index (κ3) is 3.35. The molecule has 130 valence electrons. The van der Waals surface area contributed by atoms with Crippen LogP contribution in [0.3, 0.4) is 0 Å². The number of aromatic nitrogens is 1. The summed E-state index contributed by atoms with van der Waals surface area (Å²) in [7, 11) is -3.59. The molecule has 1 atom stereocenters. The van der Waals surface area contributed by atoms with E-state index in [4.69, 9.17) is 16.1 Å². The van der Waals surface area contributed by atoms with Gasteiger partial charge in [-0.2, -0.15) is 16.1 Å². The van der Waals surface area contributed by atoms with E-state index in [0.717, 1.165) is 22.8 Å². The van der Waals surface area contributed by atoms with Gasteiger partial charge in [0.15, 0.2) is 5.76 Å². The largest absolute Gasteiger partial charge is 0.360 e. The maximum atomic E-state index is 12.9. The summed E-state index contributed by atoms with van der Waals surface area (Å²) in [5, 5.41) is 4.70. The molecule has 1 saturated heterocycles. The summed E-state index contributed by atoms with van der Waals surface area (Å²) in [5.41, 5.74) is 1.48. The quantitative estimate of drug-likeness (QED) is 0.802. The Morgan fingerprint density at radius 2 is 2.04 bits per heavy atom. The Bertz CT molecular complexity index is 816. The molecule has 0 spiro atoms. The highest BCUT2D eigenvalue weighted by Gasteiger charge is 2.33. The van der Waals surface area contributed by atoms with Crippen molar-refractivity contribution >= 4 is 33.4 Å². The Morgan fingerprint density at radius 1 is 1.29 bits per heavy atom. The minimum Gasteiger partial charge on any atom is -0.360 e. The van der Waals surface area contributed by atoms with Crippen LogP contribution in [0.4, 0.5) is 0 Å². The van der Waals surface area contributed by atoms with E-state index in [1.54, 1.807) is 25.6 Å². The van der Waals surface area contributed by atoms with E-state index in [-0.39, 0.29) is 10.1 Å². The molecule has 3 rings (SSSR count). The zero-order valence-corrected chi connectivity index (χ0v) is 15.9. The number of hydrogen-bond acceptors (Lipinski definition) is 5. The number of aryl methyl sites for hydroxylation is 2. The molecule has 0 aliphatic carbocycles. The van der Waals surface area contributed by atoms with Gasteiger partial charge >= 0.3 is 0 Å². The summed E-state index contributed by atoms with van der Waals surface area (Å²) in [6, 6.07) is 7.76. The van der Waals surface area contributed by atoms with Crippen LogP contribution >= 0.6 is 23.4 Å². The van der Waals surface area contributed by atoms with Gasteiger partial charge in [-0.15, -0.1) is 0 Å².